The van der Waals surface area contributed by atoms with Crippen LogP contribution >= 0.6 is 0 Å². The molecule has 0 heterocycles. The Hall–Kier alpha value is -0.160. The Balaban J connectivity index is 3.96. The van der Waals surface area contributed by atoms with E-state index in [1.54, 1.807) is 0 Å². The minimum absolute atomic E-state index is 0.474. The maximum atomic E-state index is 5.10. The SMILES string of the molecule is CCOC(OC)(OC)OCC. The Morgan fingerprint density at radius 3 is 1.45 bits per heavy atom. The van der Waals surface area contributed by atoms with Gasteiger partial charge in [-0.1, -0.05) is 0 Å². The standard InChI is InChI=1S/C7H16O4/c1-5-10-7(8-3,9-4)11-6-2/h5-6H2,1-4H3. The van der Waals surface area contributed by atoms with Gasteiger partial charge in [-0.25, -0.2) is 0 Å². The third-order valence-electron chi connectivity index (χ3n) is 1.14. The van der Waals surface area contributed by atoms with Crippen LogP contribution in [-0.4, -0.2) is 33.6 Å². The van der Waals surface area contributed by atoms with Crippen LogP contribution in [0.3, 0.4) is 0 Å². The van der Waals surface area contributed by atoms with E-state index in [4.69, 9.17) is 18.9 Å². The smallest absolute Gasteiger partial charge is 0.307 e. The van der Waals surface area contributed by atoms with Crippen molar-refractivity contribution in [2.75, 3.05) is 27.4 Å². The molecule has 0 aliphatic rings. The van der Waals surface area contributed by atoms with Crippen molar-refractivity contribution in [1.82, 2.24) is 0 Å². The minimum Gasteiger partial charge on any atom is -0.307 e. The first-order valence-electron chi connectivity index (χ1n) is 3.62. The lowest BCUT2D eigenvalue weighted by atomic mass is 10.8. The van der Waals surface area contributed by atoms with E-state index in [-0.39, 0.29) is 0 Å². The van der Waals surface area contributed by atoms with E-state index in [1.165, 1.54) is 14.2 Å². The molecule has 11 heavy (non-hydrogen) atoms. The van der Waals surface area contributed by atoms with Crippen molar-refractivity contribution in [3.05, 3.63) is 0 Å². The summed E-state index contributed by atoms with van der Waals surface area (Å²) in [5.41, 5.74) is 0. The molecule has 0 spiro atoms. The third-order valence-corrected chi connectivity index (χ3v) is 1.14. The molecular formula is C7H16O4. The summed E-state index contributed by atoms with van der Waals surface area (Å²) < 4.78 is 20.0. The Bertz CT molecular complexity index is 82.4. The molecule has 0 aromatic heterocycles. The van der Waals surface area contributed by atoms with Gasteiger partial charge in [-0.05, 0) is 13.8 Å². The molecule has 0 aliphatic carbocycles. The van der Waals surface area contributed by atoms with Crippen LogP contribution in [0, 0.1) is 0 Å². The van der Waals surface area contributed by atoms with Crippen molar-refractivity contribution < 1.29 is 18.9 Å². The van der Waals surface area contributed by atoms with Crippen LogP contribution in [0.5, 0.6) is 0 Å². The van der Waals surface area contributed by atoms with E-state index in [2.05, 4.69) is 0 Å². The molecule has 68 valence electrons. The Kier molecular flexibility index (Phi) is 5.41. The quantitative estimate of drug-likeness (QED) is 0.548. The Morgan fingerprint density at radius 2 is 1.27 bits per heavy atom. The predicted molar refractivity (Wildman–Crippen MR) is 40.0 cm³/mol. The normalized spacial score (nSPS) is 12.0. The predicted octanol–water partition coefficient (Wildman–Crippen LogP) is 0.963. The topological polar surface area (TPSA) is 36.9 Å². The van der Waals surface area contributed by atoms with E-state index >= 15 is 0 Å². The van der Waals surface area contributed by atoms with Gasteiger partial charge in [-0.3, -0.25) is 0 Å². The second kappa shape index (κ2) is 5.49. The molecule has 0 bridgehead atoms. The zero-order chi connectivity index (χ0) is 8.74. The van der Waals surface area contributed by atoms with E-state index in [9.17, 15) is 0 Å². The monoisotopic (exact) mass is 164 g/mol. The number of hydrogen-bond acceptors (Lipinski definition) is 4. The first kappa shape index (κ1) is 10.8. The van der Waals surface area contributed by atoms with Gasteiger partial charge in [0, 0.05) is 14.2 Å². The zero-order valence-corrected chi connectivity index (χ0v) is 7.55. The average molecular weight is 164 g/mol. The van der Waals surface area contributed by atoms with E-state index in [1.807, 2.05) is 13.8 Å². The molecule has 0 N–H and O–H groups in total. The second-order valence-corrected chi connectivity index (χ2v) is 1.77. The van der Waals surface area contributed by atoms with Crippen molar-refractivity contribution in [2.24, 2.45) is 0 Å². The summed E-state index contributed by atoms with van der Waals surface area (Å²) in [4.78, 5) is 0. The van der Waals surface area contributed by atoms with Crippen LogP contribution in [0.15, 0.2) is 0 Å². The van der Waals surface area contributed by atoms with Crippen molar-refractivity contribution in [1.29, 1.82) is 0 Å². The maximum Gasteiger partial charge on any atom is 0.412 e. The highest BCUT2D eigenvalue weighted by Gasteiger charge is 2.31. The van der Waals surface area contributed by atoms with Crippen LogP contribution in [-0.2, 0) is 18.9 Å². The van der Waals surface area contributed by atoms with Crippen LogP contribution in [0.25, 0.3) is 0 Å². The summed E-state index contributed by atoms with van der Waals surface area (Å²) in [6.45, 7) is 4.63. The number of rotatable bonds is 6. The lowest BCUT2D eigenvalue weighted by Crippen LogP contribution is -2.40. The van der Waals surface area contributed by atoms with Gasteiger partial charge in [0.25, 0.3) is 0 Å². The average Bonchev–Trinajstić information content (AvgIpc) is 2.04. The van der Waals surface area contributed by atoms with Gasteiger partial charge in [0.15, 0.2) is 0 Å². The van der Waals surface area contributed by atoms with Gasteiger partial charge in [0.2, 0.25) is 0 Å². The summed E-state index contributed by atoms with van der Waals surface area (Å²) in [6.07, 6.45) is -1.32. The first-order valence-corrected chi connectivity index (χ1v) is 3.62. The summed E-state index contributed by atoms with van der Waals surface area (Å²) in [5.74, 6) is 0. The van der Waals surface area contributed by atoms with Gasteiger partial charge in [0.05, 0.1) is 13.2 Å². The van der Waals surface area contributed by atoms with Crippen molar-refractivity contribution in [2.45, 2.75) is 20.0 Å². The van der Waals surface area contributed by atoms with Gasteiger partial charge in [-0.2, -0.15) is 0 Å². The molecule has 4 nitrogen and oxygen atoms in total. The lowest BCUT2D eigenvalue weighted by Gasteiger charge is -2.27. The molecule has 0 atom stereocenters. The van der Waals surface area contributed by atoms with Crippen molar-refractivity contribution >= 4 is 0 Å². The molecule has 0 rings (SSSR count). The lowest BCUT2D eigenvalue weighted by molar-refractivity contribution is -0.484. The molecule has 0 amide bonds. The van der Waals surface area contributed by atoms with E-state index in [0.29, 0.717) is 13.2 Å². The van der Waals surface area contributed by atoms with E-state index < -0.39 is 6.16 Å². The highest BCUT2D eigenvalue weighted by atomic mass is 17.0. The van der Waals surface area contributed by atoms with Crippen molar-refractivity contribution in [3.8, 4) is 0 Å². The number of ether oxygens (including phenoxy) is 4. The molecule has 0 aromatic rings. The zero-order valence-electron chi connectivity index (χ0n) is 7.55. The fourth-order valence-corrected chi connectivity index (χ4v) is 0.714. The largest absolute Gasteiger partial charge is 0.412 e. The molecule has 4 heteroatoms. The molecule has 0 fully saturated rings. The minimum atomic E-state index is -1.32. The van der Waals surface area contributed by atoms with Gasteiger partial charge in [-0.15, -0.1) is 0 Å². The highest BCUT2D eigenvalue weighted by molar-refractivity contribution is 4.36. The first-order chi connectivity index (χ1) is 5.24. The Morgan fingerprint density at radius 1 is 0.909 bits per heavy atom. The molecule has 0 saturated carbocycles. The summed E-state index contributed by atoms with van der Waals surface area (Å²) in [5, 5.41) is 0. The summed E-state index contributed by atoms with van der Waals surface area (Å²) in [7, 11) is 2.93. The highest BCUT2D eigenvalue weighted by Crippen LogP contribution is 2.14. The van der Waals surface area contributed by atoms with Crippen LogP contribution in [0.2, 0.25) is 0 Å². The van der Waals surface area contributed by atoms with E-state index in [0.717, 1.165) is 0 Å². The number of hydrogen-bond donors (Lipinski definition) is 0. The molecule has 0 aromatic carbocycles. The fraction of sp³-hybridized carbons (Fsp3) is 1.00. The molecule has 0 saturated heterocycles. The second-order valence-electron chi connectivity index (χ2n) is 1.77. The Labute approximate surface area is 67.4 Å². The third kappa shape index (κ3) is 3.16. The molecule has 0 radical (unpaired) electrons. The van der Waals surface area contributed by atoms with Crippen molar-refractivity contribution in [3.63, 3.8) is 0 Å². The fourth-order valence-electron chi connectivity index (χ4n) is 0.714. The van der Waals surface area contributed by atoms with Gasteiger partial charge in [0.1, 0.15) is 0 Å². The van der Waals surface area contributed by atoms with Crippen LogP contribution in [0.4, 0.5) is 0 Å². The molecule has 0 unspecified atom stereocenters. The van der Waals surface area contributed by atoms with Crippen LogP contribution < -0.4 is 0 Å². The van der Waals surface area contributed by atoms with Crippen LogP contribution in [0.1, 0.15) is 13.8 Å². The molecular weight excluding hydrogens is 148 g/mol. The summed E-state index contributed by atoms with van der Waals surface area (Å²) in [6, 6.07) is 0. The summed E-state index contributed by atoms with van der Waals surface area (Å²) >= 11 is 0. The molecule has 0 aliphatic heterocycles. The van der Waals surface area contributed by atoms with Gasteiger partial charge >= 0.3 is 6.16 Å². The van der Waals surface area contributed by atoms with Gasteiger partial charge < -0.3 is 18.9 Å². The maximum absolute atomic E-state index is 5.10. The number of methoxy groups -OCH3 is 2.